The van der Waals surface area contributed by atoms with Crippen LogP contribution in [0.2, 0.25) is 0 Å². The van der Waals surface area contributed by atoms with Crippen LogP contribution in [0, 0.1) is 47.9 Å². The van der Waals surface area contributed by atoms with E-state index in [2.05, 4.69) is 46.4 Å². The number of nitrogens with zero attached hydrogens (tertiary/aromatic N) is 2. The van der Waals surface area contributed by atoms with E-state index in [9.17, 15) is 23.1 Å². The molecule has 5 nitrogen and oxygen atoms in total. The first-order valence-electron chi connectivity index (χ1n) is 7.78. The number of benzene rings is 1. The number of methoxy groups -OCH3 is 1. The third-order valence-corrected chi connectivity index (χ3v) is 3.43. The lowest BCUT2D eigenvalue weighted by molar-refractivity contribution is -0.146. The molecule has 29 heavy (non-hydrogen) atoms. The van der Waals surface area contributed by atoms with E-state index in [-0.39, 0.29) is 24.1 Å². The Labute approximate surface area is 164 Å². The number of hydrogen-bond acceptors (Lipinski definition) is 4. The third kappa shape index (κ3) is 4.92. The van der Waals surface area contributed by atoms with Gasteiger partial charge >= 0.3 is 6.18 Å². The molecule has 0 radical (unpaired) electrons. The molecule has 0 spiro atoms. The van der Waals surface area contributed by atoms with Gasteiger partial charge in [0.15, 0.2) is 12.0 Å². The average molecular weight is 396 g/mol. The summed E-state index contributed by atoms with van der Waals surface area (Å²) in [7, 11) is 1.26. The zero-order valence-electron chi connectivity index (χ0n) is 14.9. The van der Waals surface area contributed by atoms with Crippen molar-refractivity contribution >= 4 is 6.29 Å². The highest BCUT2D eigenvalue weighted by Gasteiger charge is 2.40. The van der Waals surface area contributed by atoms with Crippen molar-refractivity contribution in [3.05, 3.63) is 35.3 Å². The van der Waals surface area contributed by atoms with Crippen molar-refractivity contribution in [3.8, 4) is 65.2 Å². The molecular formula is C21H11F3N2O3. The maximum atomic E-state index is 13.3. The van der Waals surface area contributed by atoms with Crippen molar-refractivity contribution in [2.75, 3.05) is 7.11 Å². The van der Waals surface area contributed by atoms with Crippen molar-refractivity contribution < 1.29 is 27.8 Å². The zero-order chi connectivity index (χ0) is 21.4. The maximum Gasteiger partial charge on any atom is 0.450 e. The van der Waals surface area contributed by atoms with Crippen molar-refractivity contribution in [1.82, 2.24) is 9.55 Å². The lowest BCUT2D eigenvalue weighted by Gasteiger charge is -2.15. The summed E-state index contributed by atoms with van der Waals surface area (Å²) in [6.45, 7) is 0. The van der Waals surface area contributed by atoms with Gasteiger partial charge in [-0.3, -0.25) is 9.36 Å². The molecule has 0 fully saturated rings. The van der Waals surface area contributed by atoms with E-state index in [1.165, 1.54) is 25.3 Å². The summed E-state index contributed by atoms with van der Waals surface area (Å²) in [4.78, 5) is 14.1. The summed E-state index contributed by atoms with van der Waals surface area (Å²) >= 11 is 0. The van der Waals surface area contributed by atoms with Crippen LogP contribution in [0.1, 0.15) is 21.9 Å². The second kappa shape index (κ2) is 9.09. The van der Waals surface area contributed by atoms with E-state index in [1.54, 1.807) is 0 Å². The molecule has 2 rings (SSSR count). The van der Waals surface area contributed by atoms with Gasteiger partial charge in [-0.15, -0.1) is 6.42 Å². The summed E-state index contributed by atoms with van der Waals surface area (Å²) in [5.74, 6) is 14.7. The monoisotopic (exact) mass is 396 g/mol. The second-order valence-electron chi connectivity index (χ2n) is 5.22. The molecule has 0 amide bonds. The summed E-state index contributed by atoms with van der Waals surface area (Å²) in [5, 5.41) is 10.0. The van der Waals surface area contributed by atoms with Crippen LogP contribution in [0.3, 0.4) is 0 Å². The molecule has 1 aromatic heterocycles. The normalized spacial score (nSPS) is 9.62. The molecule has 8 heteroatoms. The van der Waals surface area contributed by atoms with E-state index in [0.29, 0.717) is 10.1 Å². The van der Waals surface area contributed by atoms with Gasteiger partial charge in [0.2, 0.25) is 11.7 Å². The van der Waals surface area contributed by atoms with Crippen LogP contribution in [0.4, 0.5) is 13.2 Å². The van der Waals surface area contributed by atoms with Gasteiger partial charge in [0, 0.05) is 6.42 Å². The number of aromatic hydroxyl groups is 1. The van der Waals surface area contributed by atoms with E-state index in [1.807, 2.05) is 0 Å². The molecule has 144 valence electrons. The number of rotatable bonds is 4. The Morgan fingerprint density at radius 3 is 2.55 bits per heavy atom. The molecule has 2 aromatic rings. The Morgan fingerprint density at radius 1 is 1.24 bits per heavy atom. The summed E-state index contributed by atoms with van der Waals surface area (Å²) < 4.78 is 45.4. The standard InChI is InChI=1S/C21H11F3N2O3/c1-3-4-5-6-7-8-9-10-15-11-12-17(18(13-15)29-2)26-19(28)16(14-27)25-20(26)21(22,23)24/h1,11-14,28H,10H2,2H3. The lowest BCUT2D eigenvalue weighted by atomic mass is 10.1. The van der Waals surface area contributed by atoms with Gasteiger partial charge in [-0.05, 0) is 53.2 Å². The van der Waals surface area contributed by atoms with Gasteiger partial charge in [0.25, 0.3) is 0 Å². The summed E-state index contributed by atoms with van der Waals surface area (Å²) in [5.41, 5.74) is -0.252. The van der Waals surface area contributed by atoms with Crippen molar-refractivity contribution in [1.29, 1.82) is 0 Å². The fourth-order valence-electron chi connectivity index (χ4n) is 2.26. The van der Waals surface area contributed by atoms with Crippen molar-refractivity contribution in [2.24, 2.45) is 0 Å². The molecule has 0 aliphatic heterocycles. The number of aldehydes is 1. The fourth-order valence-corrected chi connectivity index (χ4v) is 2.26. The van der Waals surface area contributed by atoms with Crippen LogP contribution >= 0.6 is 0 Å². The molecule has 0 bridgehead atoms. The Morgan fingerprint density at radius 2 is 1.93 bits per heavy atom. The highest BCUT2D eigenvalue weighted by molar-refractivity contribution is 5.76. The molecular weight excluding hydrogens is 385 g/mol. The van der Waals surface area contributed by atoms with Crippen molar-refractivity contribution in [2.45, 2.75) is 12.6 Å². The maximum absolute atomic E-state index is 13.3. The molecule has 0 unspecified atom stereocenters. The summed E-state index contributed by atoms with van der Waals surface area (Å²) in [6.07, 6.45) is 0.297. The first-order valence-corrected chi connectivity index (χ1v) is 7.78. The number of alkyl halides is 3. The van der Waals surface area contributed by atoms with Gasteiger partial charge in [-0.2, -0.15) is 13.2 Å². The Kier molecular flexibility index (Phi) is 6.59. The Bertz CT molecular complexity index is 1170. The van der Waals surface area contributed by atoms with Crippen LogP contribution in [-0.2, 0) is 12.6 Å². The van der Waals surface area contributed by atoms with Crippen LogP contribution < -0.4 is 4.74 Å². The number of carbonyl (C=O) groups is 1. The number of halogens is 3. The topological polar surface area (TPSA) is 64.4 Å². The van der Waals surface area contributed by atoms with Gasteiger partial charge in [0.05, 0.1) is 12.8 Å². The molecule has 0 aliphatic rings. The molecule has 0 atom stereocenters. The first kappa shape index (κ1) is 21.0. The predicted octanol–water partition coefficient (Wildman–Crippen LogP) is 2.60. The van der Waals surface area contributed by atoms with Gasteiger partial charge in [-0.1, -0.05) is 12.0 Å². The van der Waals surface area contributed by atoms with Crippen molar-refractivity contribution in [3.63, 3.8) is 0 Å². The number of aromatic nitrogens is 2. The van der Waals surface area contributed by atoms with Crippen LogP contribution in [-0.4, -0.2) is 28.1 Å². The SMILES string of the molecule is C#CC#CC#CC#CCc1ccc(-n2c(C(F)(F)F)nc(C=O)c2O)c(OC)c1. The van der Waals surface area contributed by atoms with E-state index in [4.69, 9.17) is 11.2 Å². The molecule has 1 N–H and O–H groups in total. The number of ether oxygens (including phenoxy) is 1. The minimum atomic E-state index is -4.91. The van der Waals surface area contributed by atoms with E-state index < -0.39 is 23.6 Å². The van der Waals surface area contributed by atoms with Crippen LogP contribution in [0.15, 0.2) is 18.2 Å². The Hall–Kier alpha value is -4.27. The van der Waals surface area contributed by atoms with Gasteiger partial charge < -0.3 is 9.84 Å². The summed E-state index contributed by atoms with van der Waals surface area (Å²) in [6, 6.07) is 4.25. The highest BCUT2D eigenvalue weighted by Crippen LogP contribution is 2.37. The van der Waals surface area contributed by atoms with E-state index >= 15 is 0 Å². The third-order valence-electron chi connectivity index (χ3n) is 3.43. The second-order valence-corrected chi connectivity index (χ2v) is 5.22. The minimum Gasteiger partial charge on any atom is -0.495 e. The molecule has 1 aromatic carbocycles. The van der Waals surface area contributed by atoms with E-state index in [0.717, 1.165) is 0 Å². The largest absolute Gasteiger partial charge is 0.495 e. The molecule has 0 aliphatic carbocycles. The Balaban J connectivity index is 2.44. The quantitative estimate of drug-likeness (QED) is 0.638. The predicted molar refractivity (Wildman–Crippen MR) is 98.0 cm³/mol. The first-order chi connectivity index (χ1) is 13.8. The minimum absolute atomic E-state index is 0.0194. The average Bonchev–Trinajstić information content (AvgIpc) is 3.03. The smallest absolute Gasteiger partial charge is 0.450 e. The van der Waals surface area contributed by atoms with Gasteiger partial charge in [-0.25, -0.2) is 4.98 Å². The molecule has 1 heterocycles. The number of hydrogen-bond donors (Lipinski definition) is 1. The zero-order valence-corrected chi connectivity index (χ0v) is 14.9. The van der Waals surface area contributed by atoms with Gasteiger partial charge in [0.1, 0.15) is 5.75 Å². The highest BCUT2D eigenvalue weighted by atomic mass is 19.4. The molecule has 0 saturated carbocycles. The number of carbonyl (C=O) groups excluding carboxylic acids is 1. The number of terminal acetylenes is 1. The van der Waals surface area contributed by atoms with Crippen LogP contribution in [0.25, 0.3) is 5.69 Å². The van der Waals surface area contributed by atoms with Crippen LogP contribution in [0.5, 0.6) is 11.6 Å². The molecule has 0 saturated heterocycles. The lowest BCUT2D eigenvalue weighted by Crippen LogP contribution is -2.14. The number of imidazole rings is 1. The fraction of sp³-hybridized carbons (Fsp3) is 0.143.